The van der Waals surface area contributed by atoms with Crippen molar-refractivity contribution in [1.29, 1.82) is 0 Å². The maximum absolute atomic E-state index is 13.5. The highest BCUT2D eigenvalue weighted by Gasteiger charge is 2.29. The molecule has 0 saturated heterocycles. The van der Waals surface area contributed by atoms with Gasteiger partial charge in [0, 0.05) is 6.54 Å². The Balaban J connectivity index is 2.41. The van der Waals surface area contributed by atoms with Gasteiger partial charge in [-0.3, -0.25) is 4.79 Å². The van der Waals surface area contributed by atoms with Crippen LogP contribution in [0, 0.1) is 5.82 Å². The minimum absolute atomic E-state index is 0.0746. The van der Waals surface area contributed by atoms with E-state index in [9.17, 15) is 17.6 Å². The average Bonchev–Trinajstić information content (AvgIpc) is 2.57. The van der Waals surface area contributed by atoms with Gasteiger partial charge >= 0.3 is 5.97 Å². The minimum Gasteiger partial charge on any atom is -0.465 e. The predicted molar refractivity (Wildman–Crippen MR) is 92.1 cm³/mol. The molecule has 25 heavy (non-hydrogen) atoms. The van der Waals surface area contributed by atoms with Gasteiger partial charge in [-0.05, 0) is 30.7 Å². The molecule has 2 aromatic carbocycles. The Morgan fingerprint density at radius 2 is 1.88 bits per heavy atom. The zero-order chi connectivity index (χ0) is 18.4. The fourth-order valence-corrected chi connectivity index (χ4v) is 4.04. The molecule has 5 nitrogen and oxygen atoms in total. The molecule has 0 aromatic heterocycles. The third-order valence-electron chi connectivity index (χ3n) is 3.32. The van der Waals surface area contributed by atoms with E-state index in [1.165, 1.54) is 0 Å². The number of nitrogens with zero attached hydrogens (tertiary/aromatic N) is 1. The van der Waals surface area contributed by atoms with Gasteiger partial charge in [0.2, 0.25) is 10.0 Å². The quantitative estimate of drug-likeness (QED) is 0.686. The summed E-state index contributed by atoms with van der Waals surface area (Å²) in [6.07, 6.45) is 0. The van der Waals surface area contributed by atoms with Crippen molar-refractivity contribution in [2.45, 2.75) is 18.4 Å². The van der Waals surface area contributed by atoms with E-state index in [1.807, 2.05) is 0 Å². The molecule has 0 atom stereocenters. The van der Waals surface area contributed by atoms with Gasteiger partial charge < -0.3 is 4.74 Å². The van der Waals surface area contributed by atoms with Crippen molar-refractivity contribution in [3.8, 4) is 0 Å². The Morgan fingerprint density at radius 1 is 1.20 bits per heavy atom. The molecule has 0 aliphatic carbocycles. The molecule has 2 rings (SSSR count). The predicted octanol–water partition coefficient (Wildman–Crippen LogP) is 3.23. The zero-order valence-electron chi connectivity index (χ0n) is 13.5. The minimum atomic E-state index is -4.21. The van der Waals surface area contributed by atoms with E-state index in [0.29, 0.717) is 5.56 Å². The monoisotopic (exact) mass is 385 g/mol. The molecular weight excluding hydrogens is 369 g/mol. The average molecular weight is 386 g/mol. The van der Waals surface area contributed by atoms with Crippen LogP contribution in [0.25, 0.3) is 0 Å². The van der Waals surface area contributed by atoms with E-state index in [4.69, 9.17) is 16.3 Å². The molecule has 0 unspecified atom stereocenters. The topological polar surface area (TPSA) is 63.7 Å². The summed E-state index contributed by atoms with van der Waals surface area (Å²) in [5.41, 5.74) is 0.669. The van der Waals surface area contributed by atoms with E-state index in [-0.39, 0.29) is 18.2 Å². The number of sulfonamides is 1. The number of halogens is 2. The van der Waals surface area contributed by atoms with Crippen molar-refractivity contribution in [3.63, 3.8) is 0 Å². The van der Waals surface area contributed by atoms with Crippen LogP contribution in [0.2, 0.25) is 5.02 Å². The fourth-order valence-electron chi connectivity index (χ4n) is 2.18. The molecular formula is C17H17ClFNO4S. The lowest BCUT2D eigenvalue weighted by molar-refractivity contribution is -0.143. The number of benzene rings is 2. The molecule has 134 valence electrons. The Kier molecular flexibility index (Phi) is 6.52. The smallest absolute Gasteiger partial charge is 0.321 e. The number of carbonyl (C=O) groups is 1. The highest BCUT2D eigenvalue weighted by Crippen LogP contribution is 2.26. The van der Waals surface area contributed by atoms with Crippen LogP contribution >= 0.6 is 11.6 Å². The van der Waals surface area contributed by atoms with Crippen molar-refractivity contribution in [3.05, 3.63) is 64.9 Å². The standard InChI is InChI=1S/C17H17ClFNO4S/c1-2-24-17(21)12-20(11-13-6-4-3-5-7-13)25(22,23)16-10-14(19)8-9-15(16)18/h3-10H,2,11-12H2,1H3. The number of hydrogen-bond acceptors (Lipinski definition) is 4. The SMILES string of the molecule is CCOC(=O)CN(Cc1ccccc1)S(=O)(=O)c1cc(F)ccc1Cl. The molecule has 0 fully saturated rings. The maximum atomic E-state index is 13.5. The molecule has 0 bridgehead atoms. The molecule has 0 N–H and O–H groups in total. The van der Waals surface area contributed by atoms with Crippen molar-refractivity contribution >= 4 is 27.6 Å². The first-order chi connectivity index (χ1) is 11.8. The summed E-state index contributed by atoms with van der Waals surface area (Å²) in [6.45, 7) is 1.17. The largest absolute Gasteiger partial charge is 0.465 e. The van der Waals surface area contributed by atoms with E-state index in [2.05, 4.69) is 0 Å². The van der Waals surface area contributed by atoms with Gasteiger partial charge in [-0.1, -0.05) is 41.9 Å². The lowest BCUT2D eigenvalue weighted by Gasteiger charge is -2.22. The summed E-state index contributed by atoms with van der Waals surface area (Å²) >= 11 is 5.94. The summed E-state index contributed by atoms with van der Waals surface area (Å²) in [7, 11) is -4.21. The Labute approximate surface area is 151 Å². The Morgan fingerprint density at radius 3 is 2.52 bits per heavy atom. The first kappa shape index (κ1) is 19.4. The van der Waals surface area contributed by atoms with Crippen LogP contribution in [0.1, 0.15) is 12.5 Å². The van der Waals surface area contributed by atoms with Gasteiger partial charge in [0.05, 0.1) is 11.6 Å². The second kappa shape index (κ2) is 8.42. The first-order valence-electron chi connectivity index (χ1n) is 7.49. The number of ether oxygens (including phenoxy) is 1. The first-order valence-corrected chi connectivity index (χ1v) is 9.31. The van der Waals surface area contributed by atoms with Gasteiger partial charge in [-0.2, -0.15) is 4.31 Å². The van der Waals surface area contributed by atoms with Gasteiger partial charge in [0.15, 0.2) is 0 Å². The fraction of sp³-hybridized carbons (Fsp3) is 0.235. The Hall–Kier alpha value is -1.96. The molecule has 0 heterocycles. The molecule has 8 heteroatoms. The lowest BCUT2D eigenvalue weighted by atomic mass is 10.2. The van der Waals surface area contributed by atoms with E-state index >= 15 is 0 Å². The van der Waals surface area contributed by atoms with E-state index in [1.54, 1.807) is 37.3 Å². The van der Waals surface area contributed by atoms with Crippen LogP contribution in [0.15, 0.2) is 53.4 Å². The lowest BCUT2D eigenvalue weighted by Crippen LogP contribution is -2.36. The van der Waals surface area contributed by atoms with Crippen molar-refractivity contribution in [2.24, 2.45) is 0 Å². The van der Waals surface area contributed by atoms with Gasteiger partial charge in [-0.15, -0.1) is 0 Å². The summed E-state index contributed by atoms with van der Waals surface area (Å²) < 4.78 is 45.1. The molecule has 0 aliphatic rings. The molecule has 0 amide bonds. The molecule has 2 aromatic rings. The van der Waals surface area contributed by atoms with Crippen LogP contribution in [-0.2, 0) is 26.1 Å². The van der Waals surface area contributed by atoms with Crippen LogP contribution in [0.4, 0.5) is 4.39 Å². The molecule has 0 saturated carbocycles. The molecule has 0 aliphatic heterocycles. The summed E-state index contributed by atoms with van der Waals surface area (Å²) in [5.74, 6) is -1.44. The maximum Gasteiger partial charge on any atom is 0.321 e. The summed E-state index contributed by atoms with van der Waals surface area (Å²) in [4.78, 5) is 11.4. The third kappa shape index (κ3) is 5.01. The van der Waals surface area contributed by atoms with Crippen LogP contribution < -0.4 is 0 Å². The van der Waals surface area contributed by atoms with Crippen LogP contribution in [0.5, 0.6) is 0 Å². The highest BCUT2D eigenvalue weighted by atomic mass is 35.5. The van der Waals surface area contributed by atoms with Crippen molar-refractivity contribution in [1.82, 2.24) is 4.31 Å². The van der Waals surface area contributed by atoms with Crippen molar-refractivity contribution < 1.29 is 22.3 Å². The van der Waals surface area contributed by atoms with E-state index < -0.39 is 33.3 Å². The van der Waals surface area contributed by atoms with E-state index in [0.717, 1.165) is 22.5 Å². The normalized spacial score (nSPS) is 11.5. The number of carbonyl (C=O) groups excluding carboxylic acids is 1. The number of esters is 1. The zero-order valence-corrected chi connectivity index (χ0v) is 15.1. The Bertz CT molecular complexity index is 843. The molecule has 0 spiro atoms. The highest BCUT2D eigenvalue weighted by molar-refractivity contribution is 7.89. The summed E-state index contributed by atoms with van der Waals surface area (Å²) in [6, 6.07) is 11.8. The van der Waals surface area contributed by atoms with Crippen molar-refractivity contribution in [2.75, 3.05) is 13.2 Å². The molecule has 0 radical (unpaired) electrons. The van der Waals surface area contributed by atoms with Gasteiger partial charge in [0.1, 0.15) is 17.3 Å². The van der Waals surface area contributed by atoms with Gasteiger partial charge in [-0.25, -0.2) is 12.8 Å². The second-order valence-electron chi connectivity index (χ2n) is 5.14. The third-order valence-corrected chi connectivity index (χ3v) is 5.60. The number of hydrogen-bond donors (Lipinski definition) is 0. The second-order valence-corrected chi connectivity index (χ2v) is 7.45. The van der Waals surface area contributed by atoms with Crippen LogP contribution in [0.3, 0.4) is 0 Å². The van der Waals surface area contributed by atoms with Crippen LogP contribution in [-0.4, -0.2) is 31.8 Å². The van der Waals surface area contributed by atoms with Gasteiger partial charge in [0.25, 0.3) is 0 Å². The number of rotatable bonds is 7. The summed E-state index contributed by atoms with van der Waals surface area (Å²) in [5, 5.41) is -0.122.